The maximum absolute atomic E-state index is 11.9. The predicted octanol–water partition coefficient (Wildman–Crippen LogP) is 1.49. The van der Waals surface area contributed by atoms with Crippen LogP contribution in [0, 0.1) is 0 Å². The van der Waals surface area contributed by atoms with Crippen LogP contribution in [0.1, 0.15) is 16.2 Å². The first kappa shape index (κ1) is 13.8. The second kappa shape index (κ2) is 5.99. The Hall–Kier alpha value is -1.66. The van der Waals surface area contributed by atoms with Crippen molar-refractivity contribution in [2.75, 3.05) is 6.54 Å². The summed E-state index contributed by atoms with van der Waals surface area (Å²) >= 11 is 11.5. The summed E-state index contributed by atoms with van der Waals surface area (Å²) in [5, 5.41) is 10.8. The Morgan fingerprint density at radius 2 is 2.21 bits per heavy atom. The molecule has 1 N–H and O–H groups in total. The van der Waals surface area contributed by atoms with Crippen LogP contribution in [-0.2, 0) is 13.5 Å². The van der Waals surface area contributed by atoms with Gasteiger partial charge >= 0.3 is 0 Å². The van der Waals surface area contributed by atoms with Crippen molar-refractivity contribution >= 4 is 29.1 Å². The van der Waals surface area contributed by atoms with E-state index in [4.69, 9.17) is 23.2 Å². The minimum Gasteiger partial charge on any atom is -0.351 e. The van der Waals surface area contributed by atoms with Gasteiger partial charge in [-0.05, 0) is 12.1 Å². The lowest BCUT2D eigenvalue weighted by atomic mass is 10.2. The summed E-state index contributed by atoms with van der Waals surface area (Å²) in [4.78, 5) is 15.7. The second-order valence-electron chi connectivity index (χ2n) is 3.84. The van der Waals surface area contributed by atoms with Crippen LogP contribution < -0.4 is 5.32 Å². The van der Waals surface area contributed by atoms with Gasteiger partial charge in [-0.2, -0.15) is 0 Å². The number of hydrogen-bond acceptors (Lipinski definition) is 4. The van der Waals surface area contributed by atoms with Crippen molar-refractivity contribution in [1.29, 1.82) is 0 Å². The van der Waals surface area contributed by atoms with Gasteiger partial charge in [0.05, 0.1) is 5.56 Å². The molecule has 2 aromatic rings. The fourth-order valence-electron chi connectivity index (χ4n) is 1.50. The van der Waals surface area contributed by atoms with Crippen molar-refractivity contribution in [3.05, 3.63) is 40.2 Å². The van der Waals surface area contributed by atoms with E-state index in [2.05, 4.69) is 20.5 Å². The molecule has 2 heterocycles. The van der Waals surface area contributed by atoms with Crippen LogP contribution in [0.2, 0.25) is 10.3 Å². The summed E-state index contributed by atoms with van der Waals surface area (Å²) in [5.41, 5.74) is 0.295. The minimum absolute atomic E-state index is 0.0867. The maximum Gasteiger partial charge on any atom is 0.254 e. The van der Waals surface area contributed by atoms with E-state index in [1.807, 2.05) is 7.05 Å². The highest BCUT2D eigenvalue weighted by Gasteiger charge is 2.11. The molecule has 6 nitrogen and oxygen atoms in total. The van der Waals surface area contributed by atoms with Crippen LogP contribution in [0.5, 0.6) is 0 Å². The van der Waals surface area contributed by atoms with Gasteiger partial charge in [-0.3, -0.25) is 4.79 Å². The third-order valence-electron chi connectivity index (χ3n) is 2.50. The van der Waals surface area contributed by atoms with Crippen molar-refractivity contribution in [1.82, 2.24) is 25.1 Å². The number of rotatable bonds is 4. The molecule has 100 valence electrons. The Morgan fingerprint density at radius 3 is 2.84 bits per heavy atom. The van der Waals surface area contributed by atoms with Crippen molar-refractivity contribution in [2.24, 2.45) is 7.05 Å². The normalized spacial score (nSPS) is 10.5. The van der Waals surface area contributed by atoms with Crippen molar-refractivity contribution in [3.8, 4) is 0 Å². The van der Waals surface area contributed by atoms with Crippen LogP contribution in [0.3, 0.4) is 0 Å². The molecule has 0 fully saturated rings. The molecule has 2 rings (SSSR count). The summed E-state index contributed by atoms with van der Waals surface area (Å²) in [5.74, 6) is 0.497. The first-order valence-corrected chi connectivity index (χ1v) is 6.26. The summed E-state index contributed by atoms with van der Waals surface area (Å²) in [6.45, 7) is 0.435. The fourth-order valence-corrected chi connectivity index (χ4v) is 1.93. The van der Waals surface area contributed by atoms with Gasteiger partial charge in [-0.15, -0.1) is 10.2 Å². The lowest BCUT2D eigenvalue weighted by molar-refractivity contribution is 0.0953. The van der Waals surface area contributed by atoms with Gasteiger partial charge in [0.25, 0.3) is 5.91 Å². The lowest BCUT2D eigenvalue weighted by Gasteiger charge is -2.06. The average Bonchev–Trinajstić information content (AvgIpc) is 2.75. The van der Waals surface area contributed by atoms with E-state index in [1.54, 1.807) is 10.9 Å². The minimum atomic E-state index is -0.295. The van der Waals surface area contributed by atoms with Crippen molar-refractivity contribution in [2.45, 2.75) is 6.42 Å². The van der Waals surface area contributed by atoms with Crippen LogP contribution in [0.4, 0.5) is 0 Å². The SMILES string of the molecule is Cn1cnnc1CCNC(=O)c1ccc(Cl)nc1Cl. The first-order chi connectivity index (χ1) is 9.08. The molecule has 2 aromatic heterocycles. The molecule has 0 aliphatic carbocycles. The van der Waals surface area contributed by atoms with Crippen molar-refractivity contribution < 1.29 is 4.79 Å². The molecule has 0 atom stereocenters. The zero-order valence-corrected chi connectivity index (χ0v) is 11.6. The summed E-state index contributed by atoms with van der Waals surface area (Å²) in [7, 11) is 1.84. The van der Waals surface area contributed by atoms with Gasteiger partial charge in [0.2, 0.25) is 0 Å². The molecule has 0 saturated carbocycles. The van der Waals surface area contributed by atoms with Crippen LogP contribution in [-0.4, -0.2) is 32.2 Å². The largest absolute Gasteiger partial charge is 0.351 e. The van der Waals surface area contributed by atoms with E-state index >= 15 is 0 Å². The topological polar surface area (TPSA) is 72.7 Å². The molecule has 0 aromatic carbocycles. The zero-order valence-electron chi connectivity index (χ0n) is 10.1. The highest BCUT2D eigenvalue weighted by molar-refractivity contribution is 6.34. The van der Waals surface area contributed by atoms with E-state index in [9.17, 15) is 4.79 Å². The molecule has 0 aliphatic rings. The lowest BCUT2D eigenvalue weighted by Crippen LogP contribution is -2.26. The number of aromatic nitrogens is 4. The smallest absolute Gasteiger partial charge is 0.254 e. The highest BCUT2D eigenvalue weighted by atomic mass is 35.5. The molecule has 0 saturated heterocycles. The van der Waals surface area contributed by atoms with E-state index in [1.165, 1.54) is 12.1 Å². The Bertz CT molecular complexity index is 599. The van der Waals surface area contributed by atoms with Crippen molar-refractivity contribution in [3.63, 3.8) is 0 Å². The highest BCUT2D eigenvalue weighted by Crippen LogP contribution is 2.16. The number of pyridine rings is 1. The summed E-state index contributed by atoms with van der Waals surface area (Å²) < 4.78 is 1.79. The number of nitrogens with zero attached hydrogens (tertiary/aromatic N) is 4. The quantitative estimate of drug-likeness (QED) is 0.868. The van der Waals surface area contributed by atoms with E-state index in [0.29, 0.717) is 18.5 Å². The van der Waals surface area contributed by atoms with E-state index in [-0.39, 0.29) is 16.2 Å². The van der Waals surface area contributed by atoms with Gasteiger partial charge in [-0.1, -0.05) is 23.2 Å². The zero-order chi connectivity index (χ0) is 13.8. The Morgan fingerprint density at radius 1 is 1.42 bits per heavy atom. The molecule has 0 spiro atoms. The molecule has 19 heavy (non-hydrogen) atoms. The predicted molar refractivity (Wildman–Crippen MR) is 71.3 cm³/mol. The fraction of sp³-hybridized carbons (Fsp3) is 0.273. The standard InChI is InChI=1S/C11H11Cl2N5O/c1-18-6-15-17-9(18)4-5-14-11(19)7-2-3-8(12)16-10(7)13/h2-3,6H,4-5H2,1H3,(H,14,19). The third-order valence-corrected chi connectivity index (χ3v) is 3.00. The third kappa shape index (κ3) is 3.42. The number of nitrogens with one attached hydrogen (secondary N) is 1. The molecule has 0 bridgehead atoms. The molecular formula is C11H11Cl2N5O. The summed E-state index contributed by atoms with van der Waals surface area (Å²) in [6, 6.07) is 3.06. The Balaban J connectivity index is 1.93. The average molecular weight is 300 g/mol. The van der Waals surface area contributed by atoms with E-state index < -0.39 is 0 Å². The number of carbonyl (C=O) groups excluding carboxylic acids is 1. The van der Waals surface area contributed by atoms with Gasteiger partial charge in [0, 0.05) is 20.0 Å². The Labute approximate surface area is 119 Å². The van der Waals surface area contributed by atoms with Crippen LogP contribution in [0.25, 0.3) is 0 Å². The molecule has 0 aliphatic heterocycles. The monoisotopic (exact) mass is 299 g/mol. The second-order valence-corrected chi connectivity index (χ2v) is 4.58. The molecule has 0 unspecified atom stereocenters. The summed E-state index contributed by atoms with van der Waals surface area (Å²) in [6.07, 6.45) is 2.19. The number of hydrogen-bond donors (Lipinski definition) is 1. The molecule has 1 amide bonds. The van der Waals surface area contributed by atoms with Gasteiger partial charge in [0.15, 0.2) is 0 Å². The Kier molecular flexibility index (Phi) is 4.34. The number of amides is 1. The molecule has 0 radical (unpaired) electrons. The first-order valence-electron chi connectivity index (χ1n) is 5.51. The number of aryl methyl sites for hydroxylation is 1. The molecule has 8 heteroatoms. The van der Waals surface area contributed by atoms with Crippen LogP contribution in [0.15, 0.2) is 18.5 Å². The van der Waals surface area contributed by atoms with Gasteiger partial charge in [0.1, 0.15) is 22.5 Å². The number of halogens is 2. The number of carbonyl (C=O) groups is 1. The maximum atomic E-state index is 11.9. The van der Waals surface area contributed by atoms with Crippen LogP contribution >= 0.6 is 23.2 Å². The van der Waals surface area contributed by atoms with E-state index in [0.717, 1.165) is 5.82 Å². The van der Waals surface area contributed by atoms with Gasteiger partial charge in [-0.25, -0.2) is 4.98 Å². The molecular weight excluding hydrogens is 289 g/mol. The van der Waals surface area contributed by atoms with Gasteiger partial charge < -0.3 is 9.88 Å².